The van der Waals surface area contributed by atoms with Crippen LogP contribution in [-0.4, -0.2) is 76.6 Å². The molecule has 0 spiro atoms. The Hall–Kier alpha value is -3.56. The fourth-order valence-electron chi connectivity index (χ4n) is 8.26. The summed E-state index contributed by atoms with van der Waals surface area (Å²) in [7, 11) is 0. The van der Waals surface area contributed by atoms with E-state index in [-0.39, 0.29) is 17.1 Å². The van der Waals surface area contributed by atoms with Crippen LogP contribution < -0.4 is 15.0 Å². The minimum atomic E-state index is -0.828. The number of benzene rings is 3. The molecule has 0 radical (unpaired) electrons. The Morgan fingerprint density at radius 1 is 1.07 bits per heavy atom. The van der Waals surface area contributed by atoms with Crippen molar-refractivity contribution in [3.05, 3.63) is 53.8 Å². The Balaban J connectivity index is 1.24. The molecule has 2 bridgehead atoms. The first kappa shape index (κ1) is 27.0. The molecule has 0 amide bonds. The first-order valence-electron chi connectivity index (χ1n) is 15.7. The number of halogens is 2. The molecule has 4 aliphatic rings. The fourth-order valence-corrected chi connectivity index (χ4v) is 8.26. The summed E-state index contributed by atoms with van der Waals surface area (Å²) in [5.74, 6) is 0.726. The summed E-state index contributed by atoms with van der Waals surface area (Å²) in [4.78, 5) is 14.5. The van der Waals surface area contributed by atoms with Gasteiger partial charge in [0.2, 0.25) is 0 Å². The number of hydrogen-bond donors (Lipinski definition) is 2. The Bertz CT molecular complexity index is 1720. The van der Waals surface area contributed by atoms with Gasteiger partial charge in [-0.25, -0.2) is 8.78 Å². The Kier molecular flexibility index (Phi) is 6.45. The minimum Gasteiger partial charge on any atom is -0.508 e. The number of phenolic OH excluding ortho intramolecular Hbond substituents is 1. The second kappa shape index (κ2) is 10.3. The van der Waals surface area contributed by atoms with Gasteiger partial charge in [0.1, 0.15) is 30.2 Å². The van der Waals surface area contributed by atoms with E-state index in [2.05, 4.69) is 15.1 Å². The van der Waals surface area contributed by atoms with E-state index in [1.165, 1.54) is 6.07 Å². The van der Waals surface area contributed by atoms with E-state index < -0.39 is 6.17 Å². The molecule has 1 aromatic heterocycles. The lowest BCUT2D eigenvalue weighted by molar-refractivity contribution is 0.107. The molecule has 3 aromatic carbocycles. The Morgan fingerprint density at radius 2 is 1.91 bits per heavy atom. The maximum Gasteiger partial charge on any atom is 0.319 e. The van der Waals surface area contributed by atoms with E-state index in [9.17, 15) is 13.9 Å². The van der Waals surface area contributed by atoms with Crippen molar-refractivity contribution in [2.45, 2.75) is 69.2 Å². The standard InChI is InChI=1S/C34H37F2N5O2/c1-2-26-29(36)9-5-21-12-25(42)14-28(31(21)26)20-4-8-27-30(13-20)38-33(39-32(27)40-17-23-6-7-24(18-40)37-23)43-19-34-10-3-11-41(34)16-22(35)15-34/h4-5,8-9,12-14,22-24,37,42H,2-3,6-7,10-11,15-19H2,1H3/t22-,23?,24?,34?/m1/s1. The zero-order chi connectivity index (χ0) is 29.3. The van der Waals surface area contributed by atoms with Crippen molar-refractivity contribution in [1.29, 1.82) is 0 Å². The monoisotopic (exact) mass is 585 g/mol. The van der Waals surface area contributed by atoms with E-state index in [4.69, 9.17) is 14.7 Å². The van der Waals surface area contributed by atoms with Crippen molar-refractivity contribution in [2.24, 2.45) is 0 Å². The molecular formula is C34H37F2N5O2. The number of alkyl halides is 1. The highest BCUT2D eigenvalue weighted by molar-refractivity contribution is 6.02. The zero-order valence-electron chi connectivity index (χ0n) is 24.5. The van der Waals surface area contributed by atoms with Crippen molar-refractivity contribution in [2.75, 3.05) is 37.7 Å². The minimum absolute atomic E-state index is 0.128. The SMILES string of the molecule is CCc1c(F)ccc2cc(O)cc(-c3ccc4c(N5CC6CCC(C5)N6)nc(OCC56CCCN5C[C@H](F)C6)nc4c3)c12. The summed E-state index contributed by atoms with van der Waals surface area (Å²) >= 11 is 0. The van der Waals surface area contributed by atoms with Crippen molar-refractivity contribution in [1.82, 2.24) is 20.2 Å². The topological polar surface area (TPSA) is 73.8 Å². The number of nitrogens with zero attached hydrogens (tertiary/aromatic N) is 4. The van der Waals surface area contributed by atoms with E-state index in [0.29, 0.717) is 49.7 Å². The molecule has 4 aliphatic heterocycles. The van der Waals surface area contributed by atoms with Crippen molar-refractivity contribution >= 4 is 27.5 Å². The van der Waals surface area contributed by atoms with E-state index in [0.717, 1.165) is 83.9 Å². The molecule has 5 heterocycles. The summed E-state index contributed by atoms with van der Waals surface area (Å²) in [5.41, 5.74) is 2.65. The van der Waals surface area contributed by atoms with Crippen LogP contribution in [0.15, 0.2) is 42.5 Å². The number of ether oxygens (including phenoxy) is 1. The van der Waals surface area contributed by atoms with E-state index in [1.807, 2.05) is 25.1 Å². The molecule has 9 heteroatoms. The second-order valence-electron chi connectivity index (χ2n) is 12.9. The number of rotatable bonds is 6. The molecule has 2 N–H and O–H groups in total. The summed E-state index contributed by atoms with van der Waals surface area (Å²) in [6.45, 7) is 5.40. The Labute approximate surface area is 249 Å². The number of hydrogen-bond acceptors (Lipinski definition) is 7. The first-order valence-corrected chi connectivity index (χ1v) is 15.7. The van der Waals surface area contributed by atoms with Gasteiger partial charge in [-0.15, -0.1) is 0 Å². The summed E-state index contributed by atoms with van der Waals surface area (Å²) < 4.78 is 35.8. The van der Waals surface area contributed by atoms with Gasteiger partial charge >= 0.3 is 6.01 Å². The summed E-state index contributed by atoms with van der Waals surface area (Å²) in [6, 6.07) is 13.8. The van der Waals surface area contributed by atoms with Crippen LogP contribution in [0.4, 0.5) is 14.6 Å². The van der Waals surface area contributed by atoms with Crippen LogP contribution in [-0.2, 0) is 6.42 Å². The number of fused-ring (bicyclic) bond motifs is 5. The number of anilines is 1. The largest absolute Gasteiger partial charge is 0.508 e. The number of aromatic nitrogens is 2. The van der Waals surface area contributed by atoms with Crippen molar-refractivity contribution in [3.63, 3.8) is 0 Å². The predicted octanol–water partition coefficient (Wildman–Crippen LogP) is 5.75. The van der Waals surface area contributed by atoms with Crippen LogP contribution in [0.2, 0.25) is 0 Å². The molecular weight excluding hydrogens is 548 g/mol. The van der Waals surface area contributed by atoms with Gasteiger partial charge in [0.15, 0.2) is 0 Å². The maximum absolute atomic E-state index is 14.9. The molecule has 4 saturated heterocycles. The lowest BCUT2D eigenvalue weighted by Gasteiger charge is -2.34. The number of aryl methyl sites for hydroxylation is 1. The normalized spacial score (nSPS) is 27.0. The number of aromatic hydroxyl groups is 1. The van der Waals surface area contributed by atoms with Gasteiger partial charge in [-0.1, -0.05) is 19.1 Å². The lowest BCUT2D eigenvalue weighted by Crippen LogP contribution is -2.51. The molecule has 4 fully saturated rings. The molecule has 0 aliphatic carbocycles. The predicted molar refractivity (Wildman–Crippen MR) is 164 cm³/mol. The highest BCUT2D eigenvalue weighted by Crippen LogP contribution is 2.42. The zero-order valence-corrected chi connectivity index (χ0v) is 24.5. The van der Waals surface area contributed by atoms with Gasteiger partial charge in [0, 0.05) is 43.5 Å². The van der Waals surface area contributed by atoms with Crippen LogP contribution >= 0.6 is 0 Å². The molecule has 4 aromatic rings. The van der Waals surface area contributed by atoms with Crippen LogP contribution in [0, 0.1) is 5.82 Å². The molecule has 4 atom stereocenters. The average Bonchev–Trinajstić information content (AvgIpc) is 3.65. The third-order valence-electron chi connectivity index (χ3n) is 10.2. The number of phenols is 1. The van der Waals surface area contributed by atoms with Gasteiger partial charge in [0.05, 0.1) is 11.1 Å². The molecule has 0 saturated carbocycles. The average molecular weight is 586 g/mol. The smallest absolute Gasteiger partial charge is 0.319 e. The highest BCUT2D eigenvalue weighted by Gasteiger charge is 2.49. The van der Waals surface area contributed by atoms with Gasteiger partial charge in [-0.3, -0.25) is 4.90 Å². The quantitative estimate of drug-likeness (QED) is 0.298. The highest BCUT2D eigenvalue weighted by atomic mass is 19.1. The maximum atomic E-state index is 14.9. The third-order valence-corrected chi connectivity index (χ3v) is 10.2. The molecule has 224 valence electrons. The second-order valence-corrected chi connectivity index (χ2v) is 12.9. The fraction of sp³-hybridized carbons (Fsp3) is 0.471. The van der Waals surface area contributed by atoms with Gasteiger partial charge < -0.3 is 20.1 Å². The van der Waals surface area contributed by atoms with Crippen LogP contribution in [0.25, 0.3) is 32.8 Å². The van der Waals surface area contributed by atoms with Gasteiger partial charge in [-0.05, 0) is 96.4 Å². The van der Waals surface area contributed by atoms with Crippen LogP contribution in [0.1, 0.15) is 44.6 Å². The number of piperazine rings is 1. The molecule has 3 unspecified atom stereocenters. The number of nitrogens with one attached hydrogen (secondary N) is 1. The van der Waals surface area contributed by atoms with Crippen molar-refractivity contribution in [3.8, 4) is 22.9 Å². The van der Waals surface area contributed by atoms with Gasteiger partial charge in [0.25, 0.3) is 0 Å². The van der Waals surface area contributed by atoms with Gasteiger partial charge in [-0.2, -0.15) is 9.97 Å². The summed E-state index contributed by atoms with van der Waals surface area (Å²) in [6.07, 6.45) is 4.46. The van der Waals surface area contributed by atoms with E-state index >= 15 is 0 Å². The Morgan fingerprint density at radius 3 is 2.72 bits per heavy atom. The molecule has 7 nitrogen and oxygen atoms in total. The van der Waals surface area contributed by atoms with Crippen LogP contribution in [0.5, 0.6) is 11.8 Å². The first-order chi connectivity index (χ1) is 20.9. The summed E-state index contributed by atoms with van der Waals surface area (Å²) in [5, 5.41) is 16.8. The van der Waals surface area contributed by atoms with Crippen LogP contribution in [0.3, 0.4) is 0 Å². The molecule has 8 rings (SSSR count). The van der Waals surface area contributed by atoms with E-state index in [1.54, 1.807) is 18.2 Å². The lowest BCUT2D eigenvalue weighted by atomic mass is 9.92. The third kappa shape index (κ3) is 4.59. The molecule has 43 heavy (non-hydrogen) atoms. The van der Waals surface area contributed by atoms with Crippen molar-refractivity contribution < 1.29 is 18.6 Å².